The molecule has 1 aromatic carbocycles. The Balaban J connectivity index is 1.18. The second kappa shape index (κ2) is 9.16. The number of sulfonamides is 1. The van der Waals surface area contributed by atoms with Crippen LogP contribution in [0.5, 0.6) is 5.75 Å². The maximum absolute atomic E-state index is 13.0. The van der Waals surface area contributed by atoms with E-state index in [2.05, 4.69) is 10.1 Å². The summed E-state index contributed by atoms with van der Waals surface area (Å²) in [6.07, 6.45) is 3.84. The summed E-state index contributed by atoms with van der Waals surface area (Å²) in [6, 6.07) is 12.7. The van der Waals surface area contributed by atoms with Gasteiger partial charge in [0, 0.05) is 44.1 Å². The van der Waals surface area contributed by atoms with E-state index in [4.69, 9.17) is 9.26 Å². The van der Waals surface area contributed by atoms with Crippen molar-refractivity contribution in [2.45, 2.75) is 25.3 Å². The minimum Gasteiger partial charge on any atom is -0.487 e. The predicted octanol–water partition coefficient (Wildman–Crippen LogP) is 2.66. The first-order valence-corrected chi connectivity index (χ1v) is 12.6. The number of amides is 1. The van der Waals surface area contributed by atoms with Crippen LogP contribution in [0.4, 0.5) is 0 Å². The molecule has 1 aliphatic heterocycles. The summed E-state index contributed by atoms with van der Waals surface area (Å²) in [5, 5.41) is 3.75. The van der Waals surface area contributed by atoms with E-state index in [0.29, 0.717) is 36.7 Å². The van der Waals surface area contributed by atoms with Crippen LogP contribution in [0.1, 0.15) is 27.5 Å². The van der Waals surface area contributed by atoms with Gasteiger partial charge < -0.3 is 18.6 Å². The van der Waals surface area contributed by atoms with Gasteiger partial charge in [-0.15, -0.1) is 0 Å². The van der Waals surface area contributed by atoms with Gasteiger partial charge in [-0.3, -0.25) is 4.79 Å². The molecule has 3 aromatic heterocycles. The Morgan fingerprint density at radius 2 is 1.80 bits per heavy atom. The topological polar surface area (TPSA) is 110 Å². The fourth-order valence-electron chi connectivity index (χ4n) is 4.19. The van der Waals surface area contributed by atoms with Gasteiger partial charge in [-0.05, 0) is 50.2 Å². The molecule has 4 heterocycles. The van der Waals surface area contributed by atoms with Crippen LogP contribution in [0.25, 0.3) is 5.65 Å². The normalized spacial score (nSPS) is 15.0. The second-order valence-corrected chi connectivity index (χ2v) is 10.2. The zero-order valence-electron chi connectivity index (χ0n) is 19.4. The molecular formula is C24H25N5O5S. The Labute approximate surface area is 202 Å². The lowest BCUT2D eigenvalue weighted by Crippen LogP contribution is -2.50. The fourth-order valence-corrected chi connectivity index (χ4v) is 5.91. The standard InChI is InChI=1S/C24H25N5O5S/c1-17-23(18(2)34-26-17)35(31,32)29-13-11-27(12-14-29)24(30)19-6-8-21(9-7-19)33-16-20-15-28-10-4-3-5-22(28)25-20/h3-10,15H,11-14,16H2,1-2H3. The molecule has 0 saturated carbocycles. The highest BCUT2D eigenvalue weighted by Crippen LogP contribution is 2.25. The van der Waals surface area contributed by atoms with E-state index in [1.165, 1.54) is 4.31 Å². The number of nitrogens with zero attached hydrogens (tertiary/aromatic N) is 5. The highest BCUT2D eigenvalue weighted by atomic mass is 32.2. The highest BCUT2D eigenvalue weighted by molar-refractivity contribution is 7.89. The number of imidazole rings is 1. The molecule has 1 fully saturated rings. The number of aryl methyl sites for hydroxylation is 2. The van der Waals surface area contributed by atoms with E-state index in [-0.39, 0.29) is 29.7 Å². The average Bonchev–Trinajstić information content (AvgIpc) is 3.45. The van der Waals surface area contributed by atoms with Gasteiger partial charge in [0.25, 0.3) is 5.91 Å². The van der Waals surface area contributed by atoms with Crippen molar-refractivity contribution < 1.29 is 22.5 Å². The molecule has 0 atom stereocenters. The third-order valence-corrected chi connectivity index (χ3v) is 8.14. The lowest BCUT2D eigenvalue weighted by atomic mass is 10.2. The molecule has 35 heavy (non-hydrogen) atoms. The minimum atomic E-state index is -3.72. The number of carbonyl (C=O) groups excluding carboxylic acids is 1. The first-order valence-electron chi connectivity index (χ1n) is 11.2. The molecule has 182 valence electrons. The zero-order valence-corrected chi connectivity index (χ0v) is 20.2. The van der Waals surface area contributed by atoms with Crippen molar-refractivity contribution in [3.05, 3.63) is 77.6 Å². The molecule has 10 nitrogen and oxygen atoms in total. The van der Waals surface area contributed by atoms with Gasteiger partial charge >= 0.3 is 0 Å². The summed E-state index contributed by atoms with van der Waals surface area (Å²) < 4.78 is 40.1. The smallest absolute Gasteiger partial charge is 0.253 e. The molecule has 4 aromatic rings. The first kappa shape index (κ1) is 23.1. The molecule has 0 aliphatic carbocycles. The minimum absolute atomic E-state index is 0.108. The van der Waals surface area contributed by atoms with Crippen LogP contribution in [-0.2, 0) is 16.6 Å². The zero-order chi connectivity index (χ0) is 24.6. The van der Waals surface area contributed by atoms with Crippen molar-refractivity contribution in [3.63, 3.8) is 0 Å². The van der Waals surface area contributed by atoms with Gasteiger partial charge in [0.15, 0.2) is 5.76 Å². The van der Waals surface area contributed by atoms with Crippen LogP contribution >= 0.6 is 0 Å². The van der Waals surface area contributed by atoms with Gasteiger partial charge in [-0.1, -0.05) is 11.2 Å². The Kier molecular flexibility index (Phi) is 6.03. The van der Waals surface area contributed by atoms with Gasteiger partial charge in [-0.25, -0.2) is 13.4 Å². The largest absolute Gasteiger partial charge is 0.487 e. The van der Waals surface area contributed by atoms with E-state index < -0.39 is 10.0 Å². The number of carbonyl (C=O) groups is 1. The molecule has 0 N–H and O–H groups in total. The van der Waals surface area contributed by atoms with Crippen LogP contribution in [0.15, 0.2) is 64.3 Å². The molecule has 1 saturated heterocycles. The third-order valence-electron chi connectivity index (χ3n) is 5.99. The SMILES string of the molecule is Cc1noc(C)c1S(=O)(=O)N1CCN(C(=O)c2ccc(OCc3cn4ccccc4n3)cc2)CC1. The van der Waals surface area contributed by atoms with E-state index in [1.54, 1.807) is 43.0 Å². The highest BCUT2D eigenvalue weighted by Gasteiger charge is 2.34. The van der Waals surface area contributed by atoms with E-state index in [9.17, 15) is 13.2 Å². The van der Waals surface area contributed by atoms with Crippen LogP contribution in [0, 0.1) is 13.8 Å². The maximum atomic E-state index is 13.0. The lowest BCUT2D eigenvalue weighted by molar-refractivity contribution is 0.0697. The third kappa shape index (κ3) is 4.52. The van der Waals surface area contributed by atoms with Crippen molar-refractivity contribution in [3.8, 4) is 5.75 Å². The molecule has 0 unspecified atom stereocenters. The van der Waals surface area contributed by atoms with Gasteiger partial charge in [-0.2, -0.15) is 4.31 Å². The van der Waals surface area contributed by atoms with E-state index in [1.807, 2.05) is 35.0 Å². The summed E-state index contributed by atoms with van der Waals surface area (Å²) in [5.74, 6) is 0.754. The van der Waals surface area contributed by atoms with Gasteiger partial charge in [0.05, 0.1) is 5.69 Å². The summed E-state index contributed by atoms with van der Waals surface area (Å²) in [7, 11) is -3.72. The molecular weight excluding hydrogens is 470 g/mol. The van der Waals surface area contributed by atoms with Crippen molar-refractivity contribution in [1.29, 1.82) is 0 Å². The number of piperazine rings is 1. The molecule has 1 aliphatic rings. The number of aromatic nitrogens is 3. The predicted molar refractivity (Wildman–Crippen MR) is 127 cm³/mol. The molecule has 0 radical (unpaired) electrons. The second-order valence-electron chi connectivity index (χ2n) is 8.36. The summed E-state index contributed by atoms with van der Waals surface area (Å²) >= 11 is 0. The monoisotopic (exact) mass is 495 g/mol. The van der Waals surface area contributed by atoms with Crippen LogP contribution in [-0.4, -0.2) is 64.3 Å². The first-order chi connectivity index (χ1) is 16.8. The van der Waals surface area contributed by atoms with Crippen molar-refractivity contribution >= 4 is 21.6 Å². The number of ether oxygens (including phenoxy) is 1. The number of fused-ring (bicyclic) bond motifs is 1. The Bertz CT molecular complexity index is 1420. The quantitative estimate of drug-likeness (QED) is 0.404. The Hall–Kier alpha value is -3.70. The Morgan fingerprint density at radius 3 is 2.46 bits per heavy atom. The molecule has 11 heteroatoms. The van der Waals surface area contributed by atoms with E-state index in [0.717, 1.165) is 11.3 Å². The summed E-state index contributed by atoms with van der Waals surface area (Å²) in [6.45, 7) is 4.51. The Morgan fingerprint density at radius 1 is 1.06 bits per heavy atom. The van der Waals surface area contributed by atoms with Crippen LogP contribution in [0.2, 0.25) is 0 Å². The molecule has 1 amide bonds. The van der Waals surface area contributed by atoms with Crippen molar-refractivity contribution in [2.24, 2.45) is 0 Å². The van der Waals surface area contributed by atoms with Crippen molar-refractivity contribution in [1.82, 2.24) is 23.7 Å². The molecule has 5 rings (SSSR count). The summed E-state index contributed by atoms with van der Waals surface area (Å²) in [5.41, 5.74) is 2.52. The number of benzene rings is 1. The van der Waals surface area contributed by atoms with Crippen LogP contribution < -0.4 is 4.74 Å². The van der Waals surface area contributed by atoms with E-state index >= 15 is 0 Å². The lowest BCUT2D eigenvalue weighted by Gasteiger charge is -2.34. The van der Waals surface area contributed by atoms with Crippen LogP contribution in [0.3, 0.4) is 0 Å². The number of pyridine rings is 1. The van der Waals surface area contributed by atoms with Gasteiger partial charge in [0.1, 0.15) is 28.6 Å². The maximum Gasteiger partial charge on any atom is 0.253 e. The van der Waals surface area contributed by atoms with Crippen molar-refractivity contribution in [2.75, 3.05) is 26.2 Å². The molecule has 0 bridgehead atoms. The average molecular weight is 496 g/mol. The van der Waals surface area contributed by atoms with Gasteiger partial charge in [0.2, 0.25) is 10.0 Å². The fraction of sp³-hybridized carbons (Fsp3) is 0.292. The number of hydrogen-bond acceptors (Lipinski definition) is 7. The number of rotatable bonds is 6. The molecule has 0 spiro atoms. The summed E-state index contributed by atoms with van der Waals surface area (Å²) in [4.78, 5) is 19.2. The number of hydrogen-bond donors (Lipinski definition) is 0.